The van der Waals surface area contributed by atoms with Gasteiger partial charge in [0.1, 0.15) is 11.6 Å². The maximum absolute atomic E-state index is 13.9. The molecule has 0 aliphatic rings. The smallest absolute Gasteiger partial charge is 0.444 e. The summed E-state index contributed by atoms with van der Waals surface area (Å²) in [6, 6.07) is 15.1. The highest BCUT2D eigenvalue weighted by Crippen LogP contribution is 2.22. The molecule has 3 rings (SSSR count). The van der Waals surface area contributed by atoms with E-state index in [9.17, 15) is 27.6 Å². The number of hydrogen-bond donors (Lipinski definition) is 1. The summed E-state index contributed by atoms with van der Waals surface area (Å²) in [4.78, 5) is 43.1. The van der Waals surface area contributed by atoms with Crippen molar-refractivity contribution in [2.24, 2.45) is 0 Å². The molecule has 0 unspecified atom stereocenters. The van der Waals surface area contributed by atoms with E-state index in [-0.39, 0.29) is 38.3 Å². The number of nitrogens with one attached hydrogen (secondary N) is 1. The number of amides is 3. The lowest BCUT2D eigenvalue weighted by molar-refractivity contribution is -0.186. The first-order valence-corrected chi connectivity index (χ1v) is 15.3. The molecule has 1 aromatic carbocycles. The third-order valence-electron chi connectivity index (χ3n) is 6.07. The van der Waals surface area contributed by atoms with Crippen molar-refractivity contribution in [2.45, 2.75) is 77.5 Å². The van der Waals surface area contributed by atoms with Crippen molar-refractivity contribution < 1.29 is 32.3 Å². The Morgan fingerprint density at radius 2 is 1.43 bits per heavy atom. The molecule has 12 heteroatoms. The Bertz CT molecular complexity index is 1220. The van der Waals surface area contributed by atoms with Crippen LogP contribution in [0.15, 0.2) is 65.4 Å². The van der Waals surface area contributed by atoms with Crippen LogP contribution in [0.25, 0.3) is 0 Å². The van der Waals surface area contributed by atoms with Gasteiger partial charge in [-0.2, -0.15) is 13.2 Å². The standard InChI is InChI=1S/C30H36F3N3O4S2/c1-29(2,3)40-28(39)34-25(26(37)36(20-23-13-9-17-41-23)21-24-14-10-18-42-24)15-7-8-16-35(27(38)30(31,32)33)19-22-11-5-4-6-12-22/h4-6,9-14,17-18,25H,7-8,15-16,19-21H2,1-3H3,(H,34,39)/t25-/m0/s1. The van der Waals surface area contributed by atoms with E-state index in [2.05, 4.69) is 5.32 Å². The minimum absolute atomic E-state index is 0.156. The molecule has 0 aliphatic heterocycles. The van der Waals surface area contributed by atoms with Crippen LogP contribution in [0.3, 0.4) is 0 Å². The first-order chi connectivity index (χ1) is 19.8. The Balaban J connectivity index is 1.73. The molecule has 42 heavy (non-hydrogen) atoms. The van der Waals surface area contributed by atoms with E-state index in [1.165, 1.54) is 22.7 Å². The third-order valence-corrected chi connectivity index (χ3v) is 7.79. The van der Waals surface area contributed by atoms with Crippen molar-refractivity contribution in [2.75, 3.05) is 6.54 Å². The van der Waals surface area contributed by atoms with E-state index < -0.39 is 29.8 Å². The zero-order chi connectivity index (χ0) is 30.8. The van der Waals surface area contributed by atoms with Crippen LogP contribution >= 0.6 is 22.7 Å². The number of rotatable bonds is 13. The van der Waals surface area contributed by atoms with Gasteiger partial charge >= 0.3 is 18.2 Å². The second-order valence-corrected chi connectivity index (χ2v) is 12.8. The van der Waals surface area contributed by atoms with Crippen molar-refractivity contribution in [3.05, 3.63) is 80.7 Å². The van der Waals surface area contributed by atoms with Crippen LogP contribution in [-0.2, 0) is 34.0 Å². The summed E-state index contributed by atoms with van der Waals surface area (Å²) < 4.78 is 45.4. The zero-order valence-electron chi connectivity index (χ0n) is 23.9. The van der Waals surface area contributed by atoms with Gasteiger partial charge in [-0.3, -0.25) is 9.59 Å². The minimum Gasteiger partial charge on any atom is -0.444 e. The Morgan fingerprint density at radius 1 is 0.833 bits per heavy atom. The maximum Gasteiger partial charge on any atom is 0.471 e. The summed E-state index contributed by atoms with van der Waals surface area (Å²) >= 11 is 3.03. The van der Waals surface area contributed by atoms with E-state index >= 15 is 0 Å². The number of alkyl halides is 3. The van der Waals surface area contributed by atoms with Crippen LogP contribution in [0.1, 0.15) is 55.4 Å². The fourth-order valence-corrected chi connectivity index (χ4v) is 5.65. The highest BCUT2D eigenvalue weighted by molar-refractivity contribution is 7.10. The lowest BCUT2D eigenvalue weighted by atomic mass is 10.1. The van der Waals surface area contributed by atoms with Gasteiger partial charge in [-0.05, 0) is 68.5 Å². The Kier molecular flexibility index (Phi) is 12.0. The first kappa shape index (κ1) is 33.1. The molecule has 3 amide bonds. The molecule has 7 nitrogen and oxygen atoms in total. The highest BCUT2D eigenvalue weighted by atomic mass is 32.1. The van der Waals surface area contributed by atoms with Crippen molar-refractivity contribution >= 4 is 40.6 Å². The fourth-order valence-electron chi connectivity index (χ4n) is 4.21. The van der Waals surface area contributed by atoms with E-state index in [0.29, 0.717) is 18.7 Å². The molecule has 1 atom stereocenters. The van der Waals surface area contributed by atoms with Gasteiger partial charge in [0, 0.05) is 22.8 Å². The minimum atomic E-state index is -5.00. The summed E-state index contributed by atoms with van der Waals surface area (Å²) in [5.74, 6) is -2.24. The zero-order valence-corrected chi connectivity index (χ0v) is 25.5. The number of thiophene rings is 2. The number of ether oxygens (including phenoxy) is 1. The second-order valence-electron chi connectivity index (χ2n) is 10.8. The lowest BCUT2D eigenvalue weighted by Gasteiger charge is -2.29. The predicted molar refractivity (Wildman–Crippen MR) is 158 cm³/mol. The van der Waals surface area contributed by atoms with Gasteiger partial charge in [0.15, 0.2) is 0 Å². The normalized spacial score (nSPS) is 12.4. The van der Waals surface area contributed by atoms with Crippen LogP contribution in [0, 0.1) is 0 Å². The van der Waals surface area contributed by atoms with E-state index in [0.717, 1.165) is 14.7 Å². The molecule has 1 N–H and O–H groups in total. The van der Waals surface area contributed by atoms with Crippen LogP contribution in [-0.4, -0.2) is 52.1 Å². The molecule has 0 aliphatic carbocycles. The fraction of sp³-hybridized carbons (Fsp3) is 0.433. The highest BCUT2D eigenvalue weighted by Gasteiger charge is 2.42. The largest absolute Gasteiger partial charge is 0.471 e. The number of hydrogen-bond acceptors (Lipinski definition) is 6. The van der Waals surface area contributed by atoms with E-state index in [1.807, 2.05) is 35.0 Å². The van der Waals surface area contributed by atoms with Crippen molar-refractivity contribution in [3.63, 3.8) is 0 Å². The van der Waals surface area contributed by atoms with E-state index in [4.69, 9.17) is 4.74 Å². The lowest BCUT2D eigenvalue weighted by Crippen LogP contribution is -2.49. The van der Waals surface area contributed by atoms with Crippen LogP contribution < -0.4 is 5.32 Å². The second kappa shape index (κ2) is 15.2. The average Bonchev–Trinajstić information content (AvgIpc) is 3.62. The van der Waals surface area contributed by atoms with Gasteiger partial charge < -0.3 is 19.9 Å². The molecule has 0 saturated heterocycles. The van der Waals surface area contributed by atoms with Crippen LogP contribution in [0.2, 0.25) is 0 Å². The topological polar surface area (TPSA) is 79.0 Å². The number of carbonyl (C=O) groups is 3. The molecular weight excluding hydrogens is 587 g/mol. The van der Waals surface area contributed by atoms with Gasteiger partial charge in [-0.15, -0.1) is 22.7 Å². The van der Waals surface area contributed by atoms with Crippen molar-refractivity contribution in [1.82, 2.24) is 15.1 Å². The van der Waals surface area contributed by atoms with Crippen LogP contribution in [0.4, 0.5) is 18.0 Å². The van der Waals surface area contributed by atoms with Crippen molar-refractivity contribution in [3.8, 4) is 0 Å². The van der Waals surface area contributed by atoms with Gasteiger partial charge in [0.05, 0.1) is 13.1 Å². The number of nitrogens with zero attached hydrogens (tertiary/aromatic N) is 2. The molecule has 0 saturated carbocycles. The Hall–Kier alpha value is -3.38. The molecule has 0 radical (unpaired) electrons. The van der Waals surface area contributed by atoms with Gasteiger partial charge in [-0.1, -0.05) is 42.5 Å². The number of benzene rings is 1. The van der Waals surface area contributed by atoms with Crippen molar-refractivity contribution in [1.29, 1.82) is 0 Å². The average molecular weight is 624 g/mol. The first-order valence-electron chi connectivity index (χ1n) is 13.5. The molecule has 0 fully saturated rings. The molecule has 228 valence electrons. The summed E-state index contributed by atoms with van der Waals surface area (Å²) in [6.07, 6.45) is -5.12. The number of alkyl carbamates (subject to hydrolysis) is 1. The van der Waals surface area contributed by atoms with Gasteiger partial charge in [0.25, 0.3) is 0 Å². The summed E-state index contributed by atoms with van der Waals surface area (Å²) in [5.41, 5.74) is -0.214. The summed E-state index contributed by atoms with van der Waals surface area (Å²) in [5, 5.41) is 6.52. The number of unbranched alkanes of at least 4 members (excludes halogenated alkanes) is 1. The number of carbonyl (C=O) groups excluding carboxylic acids is 3. The van der Waals surface area contributed by atoms with Gasteiger partial charge in [-0.25, -0.2) is 4.79 Å². The molecule has 0 bridgehead atoms. The molecule has 2 aromatic heterocycles. The molecule has 0 spiro atoms. The van der Waals surface area contributed by atoms with E-state index in [1.54, 1.807) is 56.0 Å². The molecule has 2 heterocycles. The van der Waals surface area contributed by atoms with Gasteiger partial charge in [0.2, 0.25) is 5.91 Å². The summed E-state index contributed by atoms with van der Waals surface area (Å²) in [7, 11) is 0. The quantitative estimate of drug-likeness (QED) is 0.208. The Labute approximate surface area is 252 Å². The Morgan fingerprint density at radius 3 is 1.93 bits per heavy atom. The maximum atomic E-state index is 13.9. The number of halogens is 3. The SMILES string of the molecule is CC(C)(C)OC(=O)N[C@@H](CCCCN(Cc1ccccc1)C(=O)C(F)(F)F)C(=O)N(Cc1cccs1)Cc1cccs1. The summed E-state index contributed by atoms with van der Waals surface area (Å²) in [6.45, 7) is 5.46. The third kappa shape index (κ3) is 11.1. The van der Waals surface area contributed by atoms with Crippen LogP contribution in [0.5, 0.6) is 0 Å². The molecular formula is C30H36F3N3O4S2. The predicted octanol–water partition coefficient (Wildman–Crippen LogP) is 6.99. The monoisotopic (exact) mass is 623 g/mol. The molecule has 3 aromatic rings.